The number of carbonyl (C=O) groups is 1. The topological polar surface area (TPSA) is 50.8 Å². The summed E-state index contributed by atoms with van der Waals surface area (Å²) in [7, 11) is 1.62. The van der Waals surface area contributed by atoms with E-state index in [-0.39, 0.29) is 18.7 Å². The van der Waals surface area contributed by atoms with E-state index in [1.165, 1.54) is 6.07 Å². The standard InChI is InChI=1S/C15H20ClFN2O3/c1-21-6-7-22-13-4-5-19(10-13)15(20)18-9-11-2-3-12(16)8-14(11)17/h2-3,8,13H,4-7,9-10H2,1H3,(H,18,20). The van der Waals surface area contributed by atoms with Gasteiger partial charge in [-0.15, -0.1) is 0 Å². The maximum absolute atomic E-state index is 13.6. The van der Waals surface area contributed by atoms with Crippen LogP contribution in [0.15, 0.2) is 18.2 Å². The molecule has 7 heteroatoms. The van der Waals surface area contributed by atoms with Crippen molar-refractivity contribution in [2.75, 3.05) is 33.4 Å². The van der Waals surface area contributed by atoms with Gasteiger partial charge < -0.3 is 19.7 Å². The minimum atomic E-state index is -0.421. The number of hydrogen-bond acceptors (Lipinski definition) is 3. The van der Waals surface area contributed by atoms with Crippen molar-refractivity contribution in [1.29, 1.82) is 0 Å². The quantitative estimate of drug-likeness (QED) is 0.815. The number of amides is 2. The first-order valence-electron chi connectivity index (χ1n) is 7.17. The van der Waals surface area contributed by atoms with Crippen LogP contribution in [0.1, 0.15) is 12.0 Å². The summed E-state index contributed by atoms with van der Waals surface area (Å²) < 4.78 is 24.1. The number of halogens is 2. The van der Waals surface area contributed by atoms with Crippen molar-refractivity contribution in [3.8, 4) is 0 Å². The summed E-state index contributed by atoms with van der Waals surface area (Å²) in [4.78, 5) is 13.7. The smallest absolute Gasteiger partial charge is 0.317 e. The highest BCUT2D eigenvalue weighted by Gasteiger charge is 2.26. The fourth-order valence-electron chi connectivity index (χ4n) is 2.29. The average molecular weight is 331 g/mol. The van der Waals surface area contributed by atoms with E-state index >= 15 is 0 Å². The van der Waals surface area contributed by atoms with Crippen molar-refractivity contribution < 1.29 is 18.7 Å². The van der Waals surface area contributed by atoms with Crippen LogP contribution in [-0.2, 0) is 16.0 Å². The molecule has 122 valence electrons. The Kier molecular flexibility index (Phi) is 6.42. The lowest BCUT2D eigenvalue weighted by Crippen LogP contribution is -2.39. The third-order valence-corrected chi connectivity index (χ3v) is 3.75. The number of rotatable bonds is 6. The van der Waals surface area contributed by atoms with E-state index < -0.39 is 5.82 Å². The van der Waals surface area contributed by atoms with Gasteiger partial charge in [0.2, 0.25) is 0 Å². The van der Waals surface area contributed by atoms with Gasteiger partial charge in [0.05, 0.1) is 19.3 Å². The van der Waals surface area contributed by atoms with Crippen molar-refractivity contribution in [3.63, 3.8) is 0 Å². The minimum absolute atomic E-state index is 0.0353. The summed E-state index contributed by atoms with van der Waals surface area (Å²) in [6.45, 7) is 2.36. The molecule has 0 saturated carbocycles. The fraction of sp³-hybridized carbons (Fsp3) is 0.533. The van der Waals surface area contributed by atoms with E-state index in [4.69, 9.17) is 21.1 Å². The lowest BCUT2D eigenvalue weighted by Gasteiger charge is -2.17. The van der Waals surface area contributed by atoms with E-state index in [0.29, 0.717) is 36.9 Å². The van der Waals surface area contributed by atoms with E-state index in [2.05, 4.69) is 5.32 Å². The van der Waals surface area contributed by atoms with Gasteiger partial charge in [-0.2, -0.15) is 0 Å². The first-order valence-corrected chi connectivity index (χ1v) is 7.55. The average Bonchev–Trinajstić information content (AvgIpc) is 2.95. The highest BCUT2D eigenvalue weighted by atomic mass is 35.5. The molecule has 1 saturated heterocycles. The van der Waals surface area contributed by atoms with Gasteiger partial charge in [0.25, 0.3) is 0 Å². The number of nitrogens with one attached hydrogen (secondary N) is 1. The SMILES string of the molecule is COCCOC1CCN(C(=O)NCc2ccc(Cl)cc2F)C1. The molecular formula is C15H20ClFN2O3. The molecule has 1 heterocycles. The zero-order valence-electron chi connectivity index (χ0n) is 12.5. The molecule has 0 aromatic heterocycles. The highest BCUT2D eigenvalue weighted by Crippen LogP contribution is 2.15. The third kappa shape index (κ3) is 4.83. The second-order valence-electron chi connectivity index (χ2n) is 5.11. The molecule has 1 N–H and O–H groups in total. The molecule has 2 amide bonds. The second-order valence-corrected chi connectivity index (χ2v) is 5.55. The van der Waals surface area contributed by atoms with E-state index in [1.807, 2.05) is 0 Å². The monoisotopic (exact) mass is 330 g/mol. The van der Waals surface area contributed by atoms with E-state index in [0.717, 1.165) is 6.42 Å². The van der Waals surface area contributed by atoms with E-state index in [1.54, 1.807) is 24.1 Å². The summed E-state index contributed by atoms with van der Waals surface area (Å²) in [5.74, 6) is -0.421. The number of nitrogens with zero attached hydrogens (tertiary/aromatic N) is 1. The Morgan fingerprint density at radius 3 is 3.05 bits per heavy atom. The maximum atomic E-state index is 13.6. The summed E-state index contributed by atoms with van der Waals surface area (Å²) in [5, 5.41) is 3.05. The molecule has 1 atom stereocenters. The van der Waals surface area contributed by atoms with Gasteiger partial charge in [-0.25, -0.2) is 9.18 Å². The zero-order valence-corrected chi connectivity index (χ0v) is 13.2. The third-order valence-electron chi connectivity index (χ3n) is 3.52. The Morgan fingerprint density at radius 1 is 1.50 bits per heavy atom. The normalized spacial score (nSPS) is 17.8. The first kappa shape index (κ1) is 17.0. The predicted molar refractivity (Wildman–Crippen MR) is 81.5 cm³/mol. The molecule has 5 nitrogen and oxygen atoms in total. The predicted octanol–water partition coefficient (Wildman–Crippen LogP) is 2.43. The molecule has 1 aromatic rings. The summed E-state index contributed by atoms with van der Waals surface area (Å²) in [6.07, 6.45) is 0.833. The molecule has 1 aliphatic heterocycles. The van der Waals surface area contributed by atoms with Crippen molar-refractivity contribution in [1.82, 2.24) is 10.2 Å². The van der Waals surface area contributed by atoms with Gasteiger partial charge in [-0.1, -0.05) is 17.7 Å². The van der Waals surface area contributed by atoms with Crippen molar-refractivity contribution >= 4 is 17.6 Å². The van der Waals surface area contributed by atoms with Crippen LogP contribution < -0.4 is 5.32 Å². The van der Waals surface area contributed by atoms with Crippen LogP contribution in [0, 0.1) is 5.82 Å². The largest absolute Gasteiger partial charge is 0.382 e. The van der Waals surface area contributed by atoms with Crippen LogP contribution in [0.5, 0.6) is 0 Å². The molecule has 0 bridgehead atoms. The molecular weight excluding hydrogens is 311 g/mol. The van der Waals surface area contributed by atoms with Gasteiger partial charge >= 0.3 is 6.03 Å². The van der Waals surface area contributed by atoms with Crippen LogP contribution in [0.25, 0.3) is 0 Å². The van der Waals surface area contributed by atoms with Gasteiger partial charge in [0, 0.05) is 37.3 Å². The lowest BCUT2D eigenvalue weighted by molar-refractivity contribution is 0.0236. The van der Waals surface area contributed by atoms with Gasteiger partial charge in [-0.05, 0) is 18.6 Å². The Bertz CT molecular complexity index is 516. The molecule has 1 aromatic carbocycles. The number of ether oxygens (including phenoxy) is 2. The van der Waals surface area contributed by atoms with Crippen LogP contribution in [0.4, 0.5) is 9.18 Å². The molecule has 2 rings (SSSR count). The van der Waals surface area contributed by atoms with Crippen LogP contribution in [0.3, 0.4) is 0 Å². The fourth-order valence-corrected chi connectivity index (χ4v) is 2.45. The maximum Gasteiger partial charge on any atom is 0.317 e. The highest BCUT2D eigenvalue weighted by molar-refractivity contribution is 6.30. The van der Waals surface area contributed by atoms with Crippen LogP contribution in [-0.4, -0.2) is 50.4 Å². The number of urea groups is 1. The Balaban J connectivity index is 1.76. The summed E-state index contributed by atoms with van der Waals surface area (Å²) >= 11 is 5.69. The second kappa shape index (κ2) is 8.31. The van der Waals surface area contributed by atoms with Gasteiger partial charge in [0.1, 0.15) is 5.82 Å². The number of benzene rings is 1. The Hall–Kier alpha value is -1.37. The minimum Gasteiger partial charge on any atom is -0.382 e. The molecule has 1 fully saturated rings. The Labute approximate surface area is 134 Å². The van der Waals surface area contributed by atoms with Crippen LogP contribution in [0.2, 0.25) is 5.02 Å². The number of methoxy groups -OCH3 is 1. The van der Waals surface area contributed by atoms with Crippen LogP contribution >= 0.6 is 11.6 Å². The van der Waals surface area contributed by atoms with Crippen molar-refractivity contribution in [2.45, 2.75) is 19.1 Å². The molecule has 0 radical (unpaired) electrons. The van der Waals surface area contributed by atoms with E-state index in [9.17, 15) is 9.18 Å². The summed E-state index contributed by atoms with van der Waals surface area (Å²) in [5.41, 5.74) is 0.407. The molecule has 22 heavy (non-hydrogen) atoms. The van der Waals surface area contributed by atoms with Crippen molar-refractivity contribution in [3.05, 3.63) is 34.6 Å². The molecule has 0 spiro atoms. The van der Waals surface area contributed by atoms with Gasteiger partial charge in [-0.3, -0.25) is 0 Å². The van der Waals surface area contributed by atoms with Crippen molar-refractivity contribution in [2.24, 2.45) is 0 Å². The zero-order chi connectivity index (χ0) is 15.9. The van der Waals surface area contributed by atoms with Gasteiger partial charge in [0.15, 0.2) is 0 Å². The number of carbonyl (C=O) groups excluding carboxylic acids is 1. The number of hydrogen-bond donors (Lipinski definition) is 1. The molecule has 0 aliphatic carbocycles. The first-order chi connectivity index (χ1) is 10.6. The lowest BCUT2D eigenvalue weighted by atomic mass is 10.2. The number of likely N-dealkylation sites (tertiary alicyclic amines) is 1. The molecule has 1 unspecified atom stereocenters. The molecule has 1 aliphatic rings. The Morgan fingerprint density at radius 2 is 2.32 bits per heavy atom. The summed E-state index contributed by atoms with van der Waals surface area (Å²) in [6, 6.07) is 4.19.